The van der Waals surface area contributed by atoms with E-state index in [0.717, 1.165) is 30.2 Å². The highest BCUT2D eigenvalue weighted by atomic mass is 16.6. The summed E-state index contributed by atoms with van der Waals surface area (Å²) in [6, 6.07) is 9.24. The van der Waals surface area contributed by atoms with Crippen LogP contribution in [0, 0.1) is 6.92 Å². The number of carbonyl (C=O) groups excluding carboxylic acids is 2. The van der Waals surface area contributed by atoms with Crippen LogP contribution in [0.4, 0.5) is 0 Å². The number of hydrogen-bond donors (Lipinski definition) is 1. The summed E-state index contributed by atoms with van der Waals surface area (Å²) in [4.78, 5) is 33.5. The standard InChI is InChI=1S/C27H31N5O5/c1-4-19(33)11-6-5-7-13-22(29-25(34)15-23-17(2)31-37-32-23)27-28-16-24(36-27)20-14-18-10-8-9-12-21(18)30-26(20)35-3/h8-10,12,14,16,22H,4-7,11,13,15H2,1-3H3,(H,29,34)/t22-/m0/s1. The normalized spacial score (nSPS) is 12.0. The van der Waals surface area contributed by atoms with E-state index < -0.39 is 6.04 Å². The summed E-state index contributed by atoms with van der Waals surface area (Å²) in [6.07, 6.45) is 5.86. The molecule has 4 aromatic rings. The Morgan fingerprint density at radius 3 is 2.73 bits per heavy atom. The second-order valence-corrected chi connectivity index (χ2v) is 8.89. The largest absolute Gasteiger partial charge is 0.480 e. The number of methoxy groups -OCH3 is 1. The van der Waals surface area contributed by atoms with Crippen molar-refractivity contribution in [1.29, 1.82) is 0 Å². The average Bonchev–Trinajstić information content (AvgIpc) is 3.56. The Hall–Kier alpha value is -4.08. The summed E-state index contributed by atoms with van der Waals surface area (Å²) in [5, 5.41) is 11.5. The van der Waals surface area contributed by atoms with Gasteiger partial charge in [0.05, 0.1) is 30.8 Å². The molecular weight excluding hydrogens is 474 g/mol. The number of nitrogens with zero attached hydrogens (tertiary/aromatic N) is 4. The molecule has 0 aliphatic heterocycles. The summed E-state index contributed by atoms with van der Waals surface area (Å²) in [6.45, 7) is 3.61. The Balaban J connectivity index is 1.53. The Morgan fingerprint density at radius 2 is 1.97 bits per heavy atom. The van der Waals surface area contributed by atoms with Crippen LogP contribution in [0.5, 0.6) is 5.88 Å². The first kappa shape index (κ1) is 26.0. The second-order valence-electron chi connectivity index (χ2n) is 8.89. The first-order chi connectivity index (χ1) is 18.0. The molecule has 0 bridgehead atoms. The summed E-state index contributed by atoms with van der Waals surface area (Å²) < 4.78 is 16.4. The number of nitrogens with one attached hydrogen (secondary N) is 1. The number of amides is 1. The number of rotatable bonds is 13. The van der Waals surface area contributed by atoms with E-state index in [1.54, 1.807) is 20.2 Å². The van der Waals surface area contributed by atoms with E-state index in [4.69, 9.17) is 13.8 Å². The van der Waals surface area contributed by atoms with Gasteiger partial charge in [0.1, 0.15) is 23.2 Å². The molecule has 1 N–H and O–H groups in total. The van der Waals surface area contributed by atoms with Crippen molar-refractivity contribution in [3.05, 3.63) is 53.8 Å². The molecule has 0 fully saturated rings. The third-order valence-electron chi connectivity index (χ3n) is 6.22. The minimum atomic E-state index is -0.456. The van der Waals surface area contributed by atoms with Crippen molar-refractivity contribution in [1.82, 2.24) is 25.6 Å². The minimum absolute atomic E-state index is 0.0345. The van der Waals surface area contributed by atoms with Crippen molar-refractivity contribution < 1.29 is 23.4 Å². The number of pyridine rings is 1. The fraction of sp³-hybridized carbons (Fsp3) is 0.407. The van der Waals surface area contributed by atoms with Gasteiger partial charge in [0.15, 0.2) is 5.76 Å². The van der Waals surface area contributed by atoms with E-state index in [1.165, 1.54) is 0 Å². The maximum atomic E-state index is 12.8. The highest BCUT2D eigenvalue weighted by Crippen LogP contribution is 2.33. The van der Waals surface area contributed by atoms with E-state index in [9.17, 15) is 9.59 Å². The average molecular weight is 506 g/mol. The number of para-hydroxylation sites is 1. The topological polar surface area (TPSA) is 133 Å². The maximum Gasteiger partial charge on any atom is 0.226 e. The summed E-state index contributed by atoms with van der Waals surface area (Å²) >= 11 is 0. The molecule has 1 atom stereocenters. The van der Waals surface area contributed by atoms with E-state index >= 15 is 0 Å². The number of aryl methyl sites for hydroxylation is 1. The Kier molecular flexibility index (Phi) is 8.60. The number of Topliss-reactive ketones (excluding diaryl/α,β-unsaturated/α-hetero) is 1. The molecule has 0 aliphatic rings. The zero-order chi connectivity index (χ0) is 26.2. The molecule has 0 saturated carbocycles. The van der Waals surface area contributed by atoms with Crippen LogP contribution in [-0.2, 0) is 16.0 Å². The molecule has 0 saturated heterocycles. The molecule has 1 amide bonds. The predicted octanol–water partition coefficient (Wildman–Crippen LogP) is 4.92. The van der Waals surface area contributed by atoms with E-state index in [-0.39, 0.29) is 18.1 Å². The second kappa shape index (κ2) is 12.2. The number of hydrogen-bond acceptors (Lipinski definition) is 9. The van der Waals surface area contributed by atoms with Gasteiger partial charge in [-0.15, -0.1) is 0 Å². The van der Waals surface area contributed by atoms with Crippen LogP contribution in [0.15, 0.2) is 45.6 Å². The lowest BCUT2D eigenvalue weighted by Crippen LogP contribution is -2.30. The lowest BCUT2D eigenvalue weighted by Gasteiger charge is -2.15. The van der Waals surface area contributed by atoms with Gasteiger partial charge >= 0.3 is 0 Å². The van der Waals surface area contributed by atoms with Crippen LogP contribution < -0.4 is 10.1 Å². The SMILES string of the molecule is CCC(=O)CCCCC[C@H](NC(=O)Cc1nonc1C)c1ncc(-c2cc3ccccc3nc2OC)o1. The number of fused-ring (bicyclic) bond motifs is 1. The van der Waals surface area contributed by atoms with Crippen molar-refractivity contribution in [3.8, 4) is 17.2 Å². The summed E-state index contributed by atoms with van der Waals surface area (Å²) in [7, 11) is 1.56. The van der Waals surface area contributed by atoms with Crippen LogP contribution >= 0.6 is 0 Å². The van der Waals surface area contributed by atoms with Gasteiger partial charge in [-0.3, -0.25) is 9.59 Å². The van der Waals surface area contributed by atoms with Crippen LogP contribution in [0.3, 0.4) is 0 Å². The van der Waals surface area contributed by atoms with Crippen LogP contribution in [0.1, 0.15) is 68.8 Å². The molecule has 0 radical (unpaired) electrons. The van der Waals surface area contributed by atoms with Crippen molar-refractivity contribution >= 4 is 22.6 Å². The number of aromatic nitrogens is 4. The van der Waals surface area contributed by atoms with Crippen molar-refractivity contribution in [2.45, 2.75) is 64.8 Å². The Labute approximate surface area is 214 Å². The molecule has 0 aliphatic carbocycles. The molecule has 3 aromatic heterocycles. The van der Waals surface area contributed by atoms with Gasteiger partial charge in [-0.05, 0) is 31.9 Å². The number of benzene rings is 1. The molecule has 0 spiro atoms. The van der Waals surface area contributed by atoms with E-state index in [1.807, 2.05) is 37.3 Å². The fourth-order valence-corrected chi connectivity index (χ4v) is 4.09. The maximum absolute atomic E-state index is 12.8. The predicted molar refractivity (Wildman–Crippen MR) is 136 cm³/mol. The Bertz CT molecular complexity index is 1360. The third-order valence-corrected chi connectivity index (χ3v) is 6.22. The summed E-state index contributed by atoms with van der Waals surface area (Å²) in [5.74, 6) is 1.33. The van der Waals surface area contributed by atoms with Gasteiger partial charge in [-0.25, -0.2) is 14.6 Å². The number of carbonyl (C=O) groups is 2. The van der Waals surface area contributed by atoms with Gasteiger partial charge in [-0.2, -0.15) is 0 Å². The first-order valence-corrected chi connectivity index (χ1v) is 12.5. The quantitative estimate of drug-likeness (QED) is 0.251. The number of unbranched alkanes of at least 4 members (excludes halogenated alkanes) is 2. The smallest absolute Gasteiger partial charge is 0.226 e. The Morgan fingerprint density at radius 1 is 1.14 bits per heavy atom. The molecule has 37 heavy (non-hydrogen) atoms. The molecule has 3 heterocycles. The molecular formula is C27H31N5O5. The molecule has 0 unspecified atom stereocenters. The van der Waals surface area contributed by atoms with Crippen LogP contribution in [0.2, 0.25) is 0 Å². The van der Waals surface area contributed by atoms with Gasteiger partial charge in [0.25, 0.3) is 0 Å². The molecule has 10 nitrogen and oxygen atoms in total. The summed E-state index contributed by atoms with van der Waals surface area (Å²) in [5.41, 5.74) is 2.54. The van der Waals surface area contributed by atoms with Crippen molar-refractivity contribution in [3.63, 3.8) is 0 Å². The zero-order valence-electron chi connectivity index (χ0n) is 21.3. The van der Waals surface area contributed by atoms with Gasteiger partial charge in [0.2, 0.25) is 17.7 Å². The molecule has 10 heteroatoms. The third kappa shape index (κ3) is 6.58. The number of ketones is 1. The lowest BCUT2D eigenvalue weighted by molar-refractivity contribution is -0.121. The van der Waals surface area contributed by atoms with Gasteiger partial charge < -0.3 is 14.5 Å². The molecule has 194 valence electrons. The first-order valence-electron chi connectivity index (χ1n) is 12.5. The van der Waals surface area contributed by atoms with Crippen molar-refractivity contribution in [2.24, 2.45) is 0 Å². The van der Waals surface area contributed by atoms with Gasteiger partial charge in [0, 0.05) is 18.2 Å². The fourth-order valence-electron chi connectivity index (χ4n) is 4.09. The highest BCUT2D eigenvalue weighted by Gasteiger charge is 2.23. The van der Waals surface area contributed by atoms with E-state index in [0.29, 0.717) is 53.7 Å². The van der Waals surface area contributed by atoms with E-state index in [2.05, 4.69) is 25.6 Å². The van der Waals surface area contributed by atoms with Crippen LogP contribution in [-0.4, -0.2) is 39.1 Å². The van der Waals surface area contributed by atoms with Crippen molar-refractivity contribution in [2.75, 3.05) is 7.11 Å². The molecule has 1 aromatic carbocycles. The lowest BCUT2D eigenvalue weighted by atomic mass is 10.0. The molecule has 4 rings (SSSR count). The van der Waals surface area contributed by atoms with Crippen LogP contribution in [0.25, 0.3) is 22.2 Å². The number of ether oxygens (including phenoxy) is 1. The van der Waals surface area contributed by atoms with Gasteiger partial charge in [-0.1, -0.05) is 48.3 Å². The minimum Gasteiger partial charge on any atom is -0.480 e. The highest BCUT2D eigenvalue weighted by molar-refractivity contribution is 5.85. The number of oxazole rings is 1. The zero-order valence-corrected chi connectivity index (χ0v) is 21.3. The monoisotopic (exact) mass is 505 g/mol.